The van der Waals surface area contributed by atoms with Gasteiger partial charge in [0, 0.05) is 47.1 Å². The van der Waals surface area contributed by atoms with Crippen LogP contribution < -0.4 is 5.32 Å². The second-order valence-electron chi connectivity index (χ2n) is 4.63. The fourth-order valence-corrected chi connectivity index (χ4v) is 3.30. The van der Waals surface area contributed by atoms with Gasteiger partial charge in [0.2, 0.25) is 0 Å². The van der Waals surface area contributed by atoms with Gasteiger partial charge in [0.15, 0.2) is 0 Å². The average molecular weight is 341 g/mol. The minimum absolute atomic E-state index is 0.139. The summed E-state index contributed by atoms with van der Waals surface area (Å²) in [7, 11) is 2.48. The molecule has 1 fully saturated rings. The quantitative estimate of drug-likeness (QED) is 0.228. The maximum Gasteiger partial charge on any atom is 0.500 e. The van der Waals surface area contributed by atoms with E-state index in [1.54, 1.807) is 21.3 Å². The number of hydrogen-bond acceptors (Lipinski definition) is 8. The molecule has 1 saturated heterocycles. The van der Waals surface area contributed by atoms with Crippen LogP contribution in [0, 0.1) is 0 Å². The van der Waals surface area contributed by atoms with Gasteiger partial charge >= 0.3 is 8.80 Å². The molecule has 0 bridgehead atoms. The first-order valence-electron chi connectivity index (χ1n) is 7.45. The van der Waals surface area contributed by atoms with Crippen molar-refractivity contribution in [3.8, 4) is 0 Å². The van der Waals surface area contributed by atoms with Crippen LogP contribution in [-0.4, -0.2) is 92.6 Å². The minimum atomic E-state index is -2.39. The molecule has 0 aromatic heterocycles. The smallest absolute Gasteiger partial charge is 0.395 e. The molecule has 1 rings (SSSR count). The van der Waals surface area contributed by atoms with Gasteiger partial charge in [-0.05, 0) is 6.42 Å². The lowest BCUT2D eigenvalue weighted by Crippen LogP contribution is -2.42. The van der Waals surface area contributed by atoms with E-state index < -0.39 is 8.80 Å². The topological polar surface area (TPSA) is 102 Å². The molecule has 0 aromatic rings. The van der Waals surface area contributed by atoms with Crippen molar-refractivity contribution in [2.75, 3.05) is 67.5 Å². The lowest BCUT2D eigenvalue weighted by molar-refractivity contribution is 0.100. The second kappa shape index (κ2) is 14.5. The van der Waals surface area contributed by atoms with Gasteiger partial charge in [0.05, 0.1) is 26.4 Å². The summed E-state index contributed by atoms with van der Waals surface area (Å²) in [6.07, 6.45) is 1.22. The highest BCUT2D eigenvalue weighted by Gasteiger charge is 2.36. The van der Waals surface area contributed by atoms with Crippen molar-refractivity contribution in [1.82, 2.24) is 5.32 Å². The molecule has 0 radical (unpaired) electrons. The van der Waals surface area contributed by atoms with Crippen molar-refractivity contribution < 1.29 is 33.0 Å². The van der Waals surface area contributed by atoms with E-state index in [1.165, 1.54) is 0 Å². The number of ether oxygens (including phenoxy) is 2. The van der Waals surface area contributed by atoms with E-state index in [-0.39, 0.29) is 13.2 Å². The molecule has 3 N–H and O–H groups in total. The lowest BCUT2D eigenvalue weighted by atomic mass is 10.5. The molecule has 1 aliphatic rings. The van der Waals surface area contributed by atoms with E-state index in [0.29, 0.717) is 32.4 Å². The lowest BCUT2D eigenvalue weighted by Gasteiger charge is -2.24. The second-order valence-corrected chi connectivity index (χ2v) is 7.72. The summed E-state index contributed by atoms with van der Waals surface area (Å²) in [5, 5.41) is 19.1. The van der Waals surface area contributed by atoms with E-state index in [1.807, 2.05) is 0 Å². The Labute approximate surface area is 134 Å². The minimum Gasteiger partial charge on any atom is -0.395 e. The van der Waals surface area contributed by atoms with Crippen LogP contribution in [0.25, 0.3) is 0 Å². The number of rotatable bonds is 13. The van der Waals surface area contributed by atoms with E-state index in [4.69, 9.17) is 33.0 Å². The van der Waals surface area contributed by atoms with Gasteiger partial charge in [0.25, 0.3) is 0 Å². The summed E-state index contributed by atoms with van der Waals surface area (Å²) in [6, 6.07) is 0.780. The first-order chi connectivity index (χ1) is 10.7. The average Bonchev–Trinajstić information content (AvgIpc) is 3.37. The van der Waals surface area contributed by atoms with Gasteiger partial charge in [-0.3, -0.25) is 0 Å². The highest BCUT2D eigenvalue weighted by molar-refractivity contribution is 6.60. The summed E-state index contributed by atoms with van der Waals surface area (Å²) in [5.74, 6) is 0. The predicted octanol–water partition coefficient (Wildman–Crippen LogP) is -0.769. The fraction of sp³-hybridized carbons (Fsp3) is 1.00. The highest BCUT2D eigenvalue weighted by Crippen LogP contribution is 2.15. The van der Waals surface area contributed by atoms with Crippen molar-refractivity contribution in [2.24, 2.45) is 0 Å². The number of hydrogen-bond donors (Lipinski definition) is 3. The summed E-state index contributed by atoms with van der Waals surface area (Å²) >= 11 is 0. The molecule has 0 saturated carbocycles. The molecule has 0 aromatic carbocycles. The molecule has 1 unspecified atom stereocenters. The normalized spacial score (nSPS) is 17.0. The van der Waals surface area contributed by atoms with E-state index in [9.17, 15) is 0 Å². The molecule has 1 atom stereocenters. The van der Waals surface area contributed by atoms with Crippen molar-refractivity contribution in [1.29, 1.82) is 0 Å². The first kappa shape index (κ1) is 21.9. The highest BCUT2D eigenvalue weighted by atomic mass is 28.4. The standard InChI is InChI=1S/C9H20O5Si.C4H11NO2/c1-10-15(11-2,12-3)6-4-5-13-7-9-8-14-9;6-3-1-5-2-4-7/h9H,4-8H2,1-3H3;5-7H,1-4H2. The van der Waals surface area contributed by atoms with E-state index in [0.717, 1.165) is 19.1 Å². The molecule has 0 amide bonds. The van der Waals surface area contributed by atoms with Gasteiger partial charge in [-0.1, -0.05) is 0 Å². The Morgan fingerprint density at radius 2 is 1.64 bits per heavy atom. The molecule has 0 spiro atoms. The van der Waals surface area contributed by atoms with Crippen molar-refractivity contribution in [2.45, 2.75) is 18.6 Å². The number of aliphatic hydroxyl groups excluding tert-OH is 2. The van der Waals surface area contributed by atoms with Crippen LogP contribution in [0.15, 0.2) is 0 Å². The van der Waals surface area contributed by atoms with E-state index >= 15 is 0 Å². The zero-order chi connectivity index (χ0) is 16.7. The van der Waals surface area contributed by atoms with Crippen LogP contribution in [0.2, 0.25) is 6.04 Å². The van der Waals surface area contributed by atoms with Crippen LogP contribution in [-0.2, 0) is 22.8 Å². The first-order valence-corrected chi connectivity index (χ1v) is 9.38. The molecular formula is C13H31NO7Si. The molecule has 134 valence electrons. The Balaban J connectivity index is 0.000000534. The van der Waals surface area contributed by atoms with Crippen LogP contribution in [0.1, 0.15) is 6.42 Å². The monoisotopic (exact) mass is 341 g/mol. The SMILES string of the molecule is CO[Si](CCCOCC1CO1)(OC)OC.OCCNCCO. The van der Waals surface area contributed by atoms with Crippen LogP contribution in [0.5, 0.6) is 0 Å². The van der Waals surface area contributed by atoms with Crippen molar-refractivity contribution in [3.05, 3.63) is 0 Å². The maximum absolute atomic E-state index is 8.15. The zero-order valence-corrected chi connectivity index (χ0v) is 14.9. The van der Waals surface area contributed by atoms with Gasteiger partial charge in [-0.2, -0.15) is 0 Å². The van der Waals surface area contributed by atoms with Crippen LogP contribution in [0.3, 0.4) is 0 Å². The summed E-state index contributed by atoms with van der Waals surface area (Å²) in [4.78, 5) is 0. The maximum atomic E-state index is 8.15. The fourth-order valence-electron chi connectivity index (χ4n) is 1.61. The summed E-state index contributed by atoms with van der Waals surface area (Å²) < 4.78 is 26.3. The molecule has 9 heteroatoms. The van der Waals surface area contributed by atoms with E-state index in [2.05, 4.69) is 5.32 Å². The Morgan fingerprint density at radius 1 is 1.09 bits per heavy atom. The third kappa shape index (κ3) is 11.5. The zero-order valence-electron chi connectivity index (χ0n) is 13.9. The Morgan fingerprint density at radius 3 is 2.05 bits per heavy atom. The Hall–Kier alpha value is -0.103. The largest absolute Gasteiger partial charge is 0.500 e. The van der Waals surface area contributed by atoms with Crippen molar-refractivity contribution >= 4 is 8.80 Å². The summed E-state index contributed by atoms with van der Waals surface area (Å²) in [5.41, 5.74) is 0. The molecule has 0 aliphatic carbocycles. The third-order valence-electron chi connectivity index (χ3n) is 2.99. The number of epoxide rings is 1. The van der Waals surface area contributed by atoms with Gasteiger partial charge in [0.1, 0.15) is 6.10 Å². The predicted molar refractivity (Wildman–Crippen MR) is 83.8 cm³/mol. The van der Waals surface area contributed by atoms with Crippen LogP contribution >= 0.6 is 0 Å². The molecule has 8 nitrogen and oxygen atoms in total. The van der Waals surface area contributed by atoms with Crippen molar-refractivity contribution in [3.63, 3.8) is 0 Å². The van der Waals surface area contributed by atoms with Gasteiger partial charge in [-0.15, -0.1) is 0 Å². The summed E-state index contributed by atoms with van der Waals surface area (Å²) in [6.45, 7) is 3.65. The molecular weight excluding hydrogens is 310 g/mol. The Kier molecular flexibility index (Phi) is 14.4. The molecule has 22 heavy (non-hydrogen) atoms. The van der Waals surface area contributed by atoms with Crippen LogP contribution in [0.4, 0.5) is 0 Å². The van der Waals surface area contributed by atoms with Gasteiger partial charge in [-0.25, -0.2) is 0 Å². The molecule has 1 heterocycles. The third-order valence-corrected chi connectivity index (χ3v) is 5.82. The van der Waals surface area contributed by atoms with Gasteiger partial charge < -0.3 is 38.3 Å². The number of aliphatic hydroxyl groups is 2. The molecule has 1 aliphatic heterocycles. The number of nitrogens with one attached hydrogen (secondary N) is 1. The Bertz CT molecular complexity index is 228.